The quantitative estimate of drug-likeness (QED) is 0.822. The zero-order valence-corrected chi connectivity index (χ0v) is 14.6. The maximum absolute atomic E-state index is 5.46. The molecular formula is C15H23ClN4O3. The second-order valence-electron chi connectivity index (χ2n) is 5.11. The summed E-state index contributed by atoms with van der Waals surface area (Å²) in [6, 6.07) is 3.97. The van der Waals surface area contributed by atoms with Crippen molar-refractivity contribution in [2.45, 2.75) is 26.6 Å². The van der Waals surface area contributed by atoms with Crippen molar-refractivity contribution in [3.05, 3.63) is 35.0 Å². The smallest absolute Gasteiger partial charge is 0.240 e. The molecule has 2 aromatic rings. The molecule has 1 heterocycles. The van der Waals surface area contributed by atoms with Gasteiger partial charge in [-0.15, -0.1) is 12.4 Å². The summed E-state index contributed by atoms with van der Waals surface area (Å²) in [7, 11) is 5.26. The second-order valence-corrected chi connectivity index (χ2v) is 5.11. The molecule has 0 radical (unpaired) electrons. The Kier molecular flexibility index (Phi) is 7.28. The highest BCUT2D eigenvalue weighted by Crippen LogP contribution is 2.30. The molecule has 0 saturated heterocycles. The summed E-state index contributed by atoms with van der Waals surface area (Å²) in [5.74, 6) is 2.53. The molecular weight excluding hydrogens is 320 g/mol. The van der Waals surface area contributed by atoms with Gasteiger partial charge in [0.2, 0.25) is 5.89 Å². The van der Waals surface area contributed by atoms with Gasteiger partial charge in [0.15, 0.2) is 17.3 Å². The lowest BCUT2D eigenvalue weighted by atomic mass is 10.1. The van der Waals surface area contributed by atoms with Crippen LogP contribution in [0.3, 0.4) is 0 Å². The molecule has 0 aliphatic carbocycles. The topological polar surface area (TPSA) is 86.6 Å². The molecule has 1 aromatic carbocycles. The minimum absolute atomic E-state index is 0. The minimum atomic E-state index is 0. The van der Waals surface area contributed by atoms with Gasteiger partial charge in [0.05, 0.1) is 27.3 Å². The maximum Gasteiger partial charge on any atom is 0.240 e. The van der Waals surface area contributed by atoms with Crippen molar-refractivity contribution >= 4 is 12.4 Å². The van der Waals surface area contributed by atoms with E-state index in [-0.39, 0.29) is 19.0 Å². The fraction of sp³-hybridized carbons (Fsp3) is 0.467. The van der Waals surface area contributed by atoms with E-state index >= 15 is 0 Å². The van der Waals surface area contributed by atoms with Gasteiger partial charge in [-0.2, -0.15) is 4.98 Å². The zero-order chi connectivity index (χ0) is 16.1. The number of methoxy groups -OCH3 is 2. The van der Waals surface area contributed by atoms with E-state index in [1.807, 2.05) is 26.1 Å². The highest BCUT2D eigenvalue weighted by molar-refractivity contribution is 5.85. The van der Waals surface area contributed by atoms with Crippen LogP contribution in [0.15, 0.2) is 16.7 Å². The molecule has 0 aliphatic rings. The predicted octanol–water partition coefficient (Wildman–Crippen LogP) is 1.91. The first kappa shape index (κ1) is 19.2. The van der Waals surface area contributed by atoms with Crippen LogP contribution in [-0.4, -0.2) is 36.3 Å². The lowest BCUT2D eigenvalue weighted by Gasteiger charge is -2.18. The predicted molar refractivity (Wildman–Crippen MR) is 88.9 cm³/mol. The van der Waals surface area contributed by atoms with Gasteiger partial charge in [0, 0.05) is 6.54 Å². The van der Waals surface area contributed by atoms with Gasteiger partial charge in [0.1, 0.15) is 0 Å². The zero-order valence-electron chi connectivity index (χ0n) is 13.8. The summed E-state index contributed by atoms with van der Waals surface area (Å²) >= 11 is 0. The molecule has 0 fully saturated rings. The Morgan fingerprint density at radius 3 is 2.39 bits per heavy atom. The highest BCUT2D eigenvalue weighted by atomic mass is 35.5. The summed E-state index contributed by atoms with van der Waals surface area (Å²) in [5.41, 5.74) is 7.76. The Balaban J connectivity index is 0.00000264. The molecule has 2 N–H and O–H groups in total. The van der Waals surface area contributed by atoms with Crippen molar-refractivity contribution in [3.8, 4) is 11.5 Å². The van der Waals surface area contributed by atoms with Gasteiger partial charge in [0.25, 0.3) is 0 Å². The minimum Gasteiger partial charge on any atom is -0.493 e. The third kappa shape index (κ3) is 4.82. The number of hydrogen-bond acceptors (Lipinski definition) is 7. The average Bonchev–Trinajstić information content (AvgIpc) is 2.96. The molecule has 2 rings (SSSR count). The molecule has 7 nitrogen and oxygen atoms in total. The van der Waals surface area contributed by atoms with Crippen LogP contribution in [0.2, 0.25) is 0 Å². The van der Waals surface area contributed by atoms with Gasteiger partial charge in [-0.25, -0.2) is 0 Å². The number of nitrogens with two attached hydrogens (primary N) is 1. The Bertz CT molecular complexity index is 633. The second kappa shape index (κ2) is 8.71. The average molecular weight is 343 g/mol. The van der Waals surface area contributed by atoms with E-state index in [0.717, 1.165) is 29.2 Å². The van der Waals surface area contributed by atoms with E-state index in [1.54, 1.807) is 14.2 Å². The number of ether oxygens (including phenoxy) is 2. The number of nitrogens with zero attached hydrogens (tertiary/aromatic N) is 3. The van der Waals surface area contributed by atoms with Crippen LogP contribution >= 0.6 is 12.4 Å². The largest absolute Gasteiger partial charge is 0.493 e. The summed E-state index contributed by atoms with van der Waals surface area (Å²) in [6.45, 7) is 3.62. The van der Waals surface area contributed by atoms with Crippen LogP contribution in [0.1, 0.15) is 22.8 Å². The van der Waals surface area contributed by atoms with Gasteiger partial charge in [-0.3, -0.25) is 4.90 Å². The van der Waals surface area contributed by atoms with Crippen molar-refractivity contribution in [2.24, 2.45) is 5.73 Å². The number of benzene rings is 1. The van der Waals surface area contributed by atoms with Crippen molar-refractivity contribution in [3.63, 3.8) is 0 Å². The van der Waals surface area contributed by atoms with E-state index in [0.29, 0.717) is 18.3 Å². The SMILES string of the molecule is COc1cc(C)c(CN(C)Cc2noc(CN)n2)cc1OC.Cl. The molecule has 0 amide bonds. The molecule has 0 atom stereocenters. The van der Waals surface area contributed by atoms with E-state index in [4.69, 9.17) is 19.7 Å². The third-order valence-corrected chi connectivity index (χ3v) is 3.38. The van der Waals surface area contributed by atoms with E-state index in [1.165, 1.54) is 0 Å². The number of hydrogen-bond donors (Lipinski definition) is 1. The van der Waals surface area contributed by atoms with Crippen LogP contribution < -0.4 is 15.2 Å². The van der Waals surface area contributed by atoms with Crippen molar-refractivity contribution in [1.82, 2.24) is 15.0 Å². The molecule has 1 aromatic heterocycles. The number of aryl methyl sites for hydroxylation is 1. The summed E-state index contributed by atoms with van der Waals surface area (Å²) in [6.07, 6.45) is 0. The monoisotopic (exact) mass is 342 g/mol. The van der Waals surface area contributed by atoms with E-state index in [9.17, 15) is 0 Å². The first-order valence-corrected chi connectivity index (χ1v) is 6.99. The Morgan fingerprint density at radius 2 is 1.83 bits per heavy atom. The van der Waals surface area contributed by atoms with Crippen molar-refractivity contribution < 1.29 is 14.0 Å². The lowest BCUT2D eigenvalue weighted by Crippen LogP contribution is -2.19. The molecule has 0 aliphatic heterocycles. The third-order valence-electron chi connectivity index (χ3n) is 3.38. The molecule has 23 heavy (non-hydrogen) atoms. The maximum atomic E-state index is 5.46. The number of rotatable bonds is 7. The lowest BCUT2D eigenvalue weighted by molar-refractivity contribution is 0.297. The van der Waals surface area contributed by atoms with Crippen molar-refractivity contribution in [1.29, 1.82) is 0 Å². The van der Waals surface area contributed by atoms with Crippen LogP contribution in [-0.2, 0) is 19.6 Å². The summed E-state index contributed by atoms with van der Waals surface area (Å²) in [5, 5.41) is 3.90. The van der Waals surface area contributed by atoms with Gasteiger partial charge in [-0.1, -0.05) is 5.16 Å². The Morgan fingerprint density at radius 1 is 1.17 bits per heavy atom. The fourth-order valence-electron chi connectivity index (χ4n) is 2.22. The Labute approximate surface area is 142 Å². The molecule has 0 bridgehead atoms. The molecule has 0 saturated carbocycles. The first-order valence-electron chi connectivity index (χ1n) is 6.99. The molecule has 0 unspecified atom stereocenters. The first-order chi connectivity index (χ1) is 10.6. The number of aromatic nitrogens is 2. The molecule has 128 valence electrons. The molecule has 8 heteroatoms. The van der Waals surface area contributed by atoms with Crippen molar-refractivity contribution in [2.75, 3.05) is 21.3 Å². The fourth-order valence-corrected chi connectivity index (χ4v) is 2.22. The standard InChI is InChI=1S/C15H22N4O3.ClH/c1-10-5-12(20-3)13(21-4)6-11(10)8-19(2)9-14-17-15(7-16)22-18-14;/h5-6H,7-9,16H2,1-4H3;1H. The van der Waals surface area contributed by atoms with Crippen LogP contribution in [0.5, 0.6) is 11.5 Å². The van der Waals surface area contributed by atoms with Gasteiger partial charge in [-0.05, 0) is 37.2 Å². The van der Waals surface area contributed by atoms with E-state index < -0.39 is 0 Å². The highest BCUT2D eigenvalue weighted by Gasteiger charge is 2.12. The Hall–Kier alpha value is -1.83. The normalized spacial score (nSPS) is 10.5. The summed E-state index contributed by atoms with van der Waals surface area (Å²) < 4.78 is 15.7. The number of halogens is 1. The van der Waals surface area contributed by atoms with Crippen LogP contribution in [0.25, 0.3) is 0 Å². The summed E-state index contributed by atoms with van der Waals surface area (Å²) in [4.78, 5) is 6.30. The van der Waals surface area contributed by atoms with Gasteiger partial charge < -0.3 is 19.7 Å². The molecule has 0 spiro atoms. The van der Waals surface area contributed by atoms with Crippen LogP contribution in [0, 0.1) is 6.92 Å². The van der Waals surface area contributed by atoms with E-state index in [2.05, 4.69) is 15.0 Å². The van der Waals surface area contributed by atoms with Gasteiger partial charge >= 0.3 is 0 Å². The van der Waals surface area contributed by atoms with Crippen LogP contribution in [0.4, 0.5) is 0 Å².